The number of carbonyl (C=O) groups excluding carboxylic acids is 2. The molecule has 8 nitrogen and oxygen atoms in total. The van der Waals surface area contributed by atoms with Gasteiger partial charge in [0, 0.05) is 42.0 Å². The van der Waals surface area contributed by atoms with Crippen molar-refractivity contribution in [2.45, 2.75) is 19.4 Å². The van der Waals surface area contributed by atoms with Crippen LogP contribution in [0.25, 0.3) is 22.0 Å². The molecule has 0 spiro atoms. The number of urea groups is 1. The quantitative estimate of drug-likeness (QED) is 0.424. The molecule has 2 aromatic carbocycles. The smallest absolute Gasteiger partial charge is 0.329 e. The number of imide groups is 1. The molecule has 10 heteroatoms. The molecule has 5 rings (SSSR count). The summed E-state index contributed by atoms with van der Waals surface area (Å²) in [7, 11) is 1.58. The highest BCUT2D eigenvalue weighted by Crippen LogP contribution is 2.40. The first-order valence-corrected chi connectivity index (χ1v) is 10.7. The second-order valence-electron chi connectivity index (χ2n) is 8.78. The van der Waals surface area contributed by atoms with Crippen LogP contribution in [0.15, 0.2) is 59.7 Å². The van der Waals surface area contributed by atoms with Gasteiger partial charge in [0.25, 0.3) is 11.5 Å². The summed E-state index contributed by atoms with van der Waals surface area (Å²) in [5.41, 5.74) is 0.176. The predicted octanol–water partition coefficient (Wildman–Crippen LogP) is 4.44. The Labute approximate surface area is 197 Å². The zero-order chi connectivity index (χ0) is 25.1. The lowest BCUT2D eigenvalue weighted by Gasteiger charge is -2.19. The number of pyridine rings is 1. The summed E-state index contributed by atoms with van der Waals surface area (Å²) in [4.78, 5) is 42.0. The first-order valence-electron chi connectivity index (χ1n) is 10.7. The van der Waals surface area contributed by atoms with Gasteiger partial charge in [-0.2, -0.15) is 0 Å². The van der Waals surface area contributed by atoms with E-state index in [1.54, 1.807) is 45.4 Å². The van der Waals surface area contributed by atoms with Crippen molar-refractivity contribution in [1.29, 1.82) is 0 Å². The van der Waals surface area contributed by atoms with Gasteiger partial charge in [-0.05, 0) is 50.2 Å². The Morgan fingerprint density at radius 2 is 1.69 bits per heavy atom. The minimum Gasteiger partial charge on any atom is -0.454 e. The largest absolute Gasteiger partial charge is 0.454 e. The van der Waals surface area contributed by atoms with Crippen molar-refractivity contribution in [3.05, 3.63) is 76.8 Å². The molecule has 1 aliphatic rings. The number of hydrogen-bond donors (Lipinski definition) is 2. The molecule has 0 saturated carbocycles. The summed E-state index contributed by atoms with van der Waals surface area (Å²) in [6.07, 6.45) is 3.20. The number of nitrogens with one attached hydrogen (secondary N) is 2. The zero-order valence-corrected chi connectivity index (χ0v) is 19.0. The van der Waals surface area contributed by atoms with Gasteiger partial charge in [-0.15, -0.1) is 0 Å². The summed E-state index contributed by atoms with van der Waals surface area (Å²) in [6, 6.07) is 8.59. The molecule has 35 heavy (non-hydrogen) atoms. The summed E-state index contributed by atoms with van der Waals surface area (Å²) < 4.78 is 35.0. The Morgan fingerprint density at radius 1 is 0.943 bits per heavy atom. The fourth-order valence-electron chi connectivity index (χ4n) is 4.10. The molecular weight excluding hydrogens is 458 g/mol. The topological polar surface area (TPSA) is 96.4 Å². The zero-order valence-electron chi connectivity index (χ0n) is 19.0. The Balaban J connectivity index is 1.73. The van der Waals surface area contributed by atoms with Crippen LogP contribution in [0, 0.1) is 11.6 Å². The highest BCUT2D eigenvalue weighted by atomic mass is 19.1. The van der Waals surface area contributed by atoms with Crippen molar-refractivity contribution in [3.8, 4) is 22.6 Å². The van der Waals surface area contributed by atoms with E-state index in [0.717, 1.165) is 17.0 Å². The molecule has 0 aliphatic carbocycles. The summed E-state index contributed by atoms with van der Waals surface area (Å²) >= 11 is 0. The molecule has 178 valence electrons. The molecule has 0 bridgehead atoms. The third kappa shape index (κ3) is 3.63. The van der Waals surface area contributed by atoms with Crippen LogP contribution in [-0.2, 0) is 11.8 Å². The number of ether oxygens (including phenoxy) is 1. The lowest BCUT2D eigenvalue weighted by Crippen LogP contribution is -2.40. The first-order chi connectivity index (χ1) is 16.6. The Kier molecular flexibility index (Phi) is 4.97. The van der Waals surface area contributed by atoms with Gasteiger partial charge in [0.1, 0.15) is 22.6 Å². The van der Waals surface area contributed by atoms with Crippen LogP contribution in [-0.4, -0.2) is 27.0 Å². The molecule has 1 saturated heterocycles. The third-order valence-corrected chi connectivity index (χ3v) is 5.88. The van der Waals surface area contributed by atoms with Crippen molar-refractivity contribution in [2.75, 3.05) is 4.90 Å². The van der Waals surface area contributed by atoms with E-state index in [2.05, 4.69) is 10.3 Å². The van der Waals surface area contributed by atoms with Gasteiger partial charge in [0.15, 0.2) is 11.6 Å². The third-order valence-electron chi connectivity index (χ3n) is 5.88. The second-order valence-corrected chi connectivity index (χ2v) is 8.78. The van der Waals surface area contributed by atoms with Crippen molar-refractivity contribution < 1.29 is 23.1 Å². The van der Waals surface area contributed by atoms with Gasteiger partial charge in [-0.1, -0.05) is 0 Å². The van der Waals surface area contributed by atoms with Crippen LogP contribution in [0.1, 0.15) is 13.8 Å². The molecule has 0 unspecified atom stereocenters. The van der Waals surface area contributed by atoms with E-state index < -0.39 is 29.1 Å². The average molecular weight is 478 g/mol. The number of aromatic nitrogens is 2. The lowest BCUT2D eigenvalue weighted by atomic mass is 10.0. The fourth-order valence-corrected chi connectivity index (χ4v) is 4.10. The lowest BCUT2D eigenvalue weighted by molar-refractivity contribution is -0.121. The molecule has 2 N–H and O–H groups in total. The van der Waals surface area contributed by atoms with Crippen LogP contribution >= 0.6 is 0 Å². The standard InChI is InChI=1S/C25H20F2N4O4/c1-25(2)23(33)31(24(34)29-25)14-5-7-19(35-20-6-4-13(26)10-18(20)27)16(11-14)17-12-30(3)22(32)21-15(17)8-9-28-21/h4-12,28H,1-3H3,(H,29,34). The van der Waals surface area contributed by atoms with Gasteiger partial charge in [-0.3, -0.25) is 9.59 Å². The monoisotopic (exact) mass is 478 g/mol. The van der Waals surface area contributed by atoms with E-state index in [0.29, 0.717) is 28.1 Å². The Bertz CT molecular complexity index is 1590. The molecule has 2 aromatic heterocycles. The number of carbonyl (C=O) groups is 2. The maximum Gasteiger partial charge on any atom is 0.329 e. The number of fused-ring (bicyclic) bond motifs is 1. The van der Waals surface area contributed by atoms with Gasteiger partial charge in [-0.25, -0.2) is 18.5 Å². The number of benzene rings is 2. The maximum absolute atomic E-state index is 14.4. The minimum absolute atomic E-state index is 0.173. The van der Waals surface area contributed by atoms with Gasteiger partial charge < -0.3 is 19.6 Å². The number of hydrogen-bond acceptors (Lipinski definition) is 4. The normalized spacial score (nSPS) is 15.1. The minimum atomic E-state index is -1.09. The molecule has 0 atom stereocenters. The first kappa shape index (κ1) is 22.3. The highest BCUT2D eigenvalue weighted by molar-refractivity contribution is 6.23. The van der Waals surface area contributed by atoms with Crippen LogP contribution in [0.3, 0.4) is 0 Å². The second kappa shape index (κ2) is 7.79. The van der Waals surface area contributed by atoms with Crippen molar-refractivity contribution in [3.63, 3.8) is 0 Å². The molecular formula is C25H20F2N4O4. The number of aromatic amines is 1. The van der Waals surface area contributed by atoms with E-state index >= 15 is 0 Å². The van der Waals surface area contributed by atoms with Gasteiger partial charge in [0.05, 0.1) is 5.69 Å². The summed E-state index contributed by atoms with van der Waals surface area (Å²) in [5, 5.41) is 3.19. The van der Waals surface area contributed by atoms with Crippen LogP contribution < -0.4 is 20.5 Å². The van der Waals surface area contributed by atoms with Gasteiger partial charge >= 0.3 is 6.03 Å². The summed E-state index contributed by atoms with van der Waals surface area (Å²) in [6.45, 7) is 3.19. The van der Waals surface area contributed by atoms with E-state index in [4.69, 9.17) is 4.74 Å². The van der Waals surface area contributed by atoms with Crippen molar-refractivity contribution in [1.82, 2.24) is 14.9 Å². The van der Waals surface area contributed by atoms with Crippen LogP contribution in [0.5, 0.6) is 11.5 Å². The number of aryl methyl sites for hydroxylation is 1. The number of nitrogens with zero attached hydrogens (tertiary/aromatic N) is 2. The number of amides is 3. The predicted molar refractivity (Wildman–Crippen MR) is 126 cm³/mol. The molecule has 3 heterocycles. The van der Waals surface area contributed by atoms with E-state index in [1.165, 1.54) is 16.7 Å². The molecule has 1 aliphatic heterocycles. The molecule has 4 aromatic rings. The number of H-pyrrole nitrogens is 1. The summed E-state index contributed by atoms with van der Waals surface area (Å²) in [5.74, 6) is -2.14. The fraction of sp³-hybridized carbons (Fsp3) is 0.160. The van der Waals surface area contributed by atoms with Crippen molar-refractivity contribution >= 4 is 28.5 Å². The number of anilines is 1. The molecule has 0 radical (unpaired) electrons. The van der Waals surface area contributed by atoms with Crippen LogP contribution in [0.4, 0.5) is 19.3 Å². The SMILES string of the molecule is Cn1cc(-c2cc(N3C(=O)NC(C)(C)C3=O)ccc2Oc2ccc(F)cc2F)c2cc[nH]c2c1=O. The highest BCUT2D eigenvalue weighted by Gasteiger charge is 2.45. The Hall–Kier alpha value is -4.47. The van der Waals surface area contributed by atoms with E-state index in [1.807, 2.05) is 0 Å². The maximum atomic E-state index is 14.4. The van der Waals surface area contributed by atoms with E-state index in [-0.39, 0.29) is 22.7 Å². The molecule has 3 amide bonds. The number of rotatable bonds is 4. The van der Waals surface area contributed by atoms with Gasteiger partial charge in [0.2, 0.25) is 0 Å². The van der Waals surface area contributed by atoms with Crippen LogP contribution in [0.2, 0.25) is 0 Å². The van der Waals surface area contributed by atoms with Crippen molar-refractivity contribution in [2.24, 2.45) is 7.05 Å². The van der Waals surface area contributed by atoms with E-state index in [9.17, 15) is 23.2 Å². The average Bonchev–Trinajstić information content (AvgIpc) is 3.36. The molecule has 1 fully saturated rings. The number of halogens is 2. The Morgan fingerprint density at radius 3 is 2.37 bits per heavy atom.